The molecule has 2 rings (SSSR count). The predicted molar refractivity (Wildman–Crippen MR) is 77.9 cm³/mol. The summed E-state index contributed by atoms with van der Waals surface area (Å²) < 4.78 is 0. The second-order valence-electron chi connectivity index (χ2n) is 4.36. The Hall–Kier alpha value is -0.150. The monoisotopic (exact) mass is 299 g/mol. The Bertz CT molecular complexity index is 367. The van der Waals surface area contributed by atoms with Crippen molar-refractivity contribution in [1.82, 2.24) is 0 Å². The van der Waals surface area contributed by atoms with Crippen molar-refractivity contribution in [2.45, 2.75) is 25.2 Å². The van der Waals surface area contributed by atoms with E-state index < -0.39 is 0 Å². The van der Waals surface area contributed by atoms with Gasteiger partial charge in [-0.2, -0.15) is 11.8 Å². The van der Waals surface area contributed by atoms with Crippen molar-refractivity contribution in [3.8, 4) is 0 Å². The van der Waals surface area contributed by atoms with Crippen LogP contribution in [0.2, 0.25) is 0 Å². The van der Waals surface area contributed by atoms with Gasteiger partial charge in [0.25, 0.3) is 0 Å². The summed E-state index contributed by atoms with van der Waals surface area (Å²) in [4.78, 5) is 2.53. The highest BCUT2D eigenvalue weighted by atomic mass is 79.9. The number of rotatable bonds is 2. The van der Waals surface area contributed by atoms with Gasteiger partial charge in [0.2, 0.25) is 0 Å². The molecule has 0 radical (unpaired) electrons. The average molecular weight is 300 g/mol. The summed E-state index contributed by atoms with van der Waals surface area (Å²) in [5.41, 5.74) is 4.16. The third-order valence-electron chi connectivity index (χ3n) is 3.17. The quantitative estimate of drug-likeness (QED) is 0.764. The first-order valence-corrected chi connectivity index (χ1v) is 8.00. The van der Waals surface area contributed by atoms with Gasteiger partial charge in [-0.15, -0.1) is 0 Å². The van der Waals surface area contributed by atoms with Crippen LogP contribution in [0.3, 0.4) is 0 Å². The lowest BCUT2D eigenvalue weighted by Crippen LogP contribution is -2.40. The minimum atomic E-state index is 0.660. The molecule has 1 fully saturated rings. The van der Waals surface area contributed by atoms with E-state index in [-0.39, 0.29) is 0 Å². The number of alkyl halides is 1. The van der Waals surface area contributed by atoms with Crippen molar-refractivity contribution in [3.05, 3.63) is 29.3 Å². The smallest absolute Gasteiger partial charge is 0.0372 e. The van der Waals surface area contributed by atoms with Crippen LogP contribution in [0.4, 0.5) is 5.69 Å². The zero-order chi connectivity index (χ0) is 11.5. The first-order chi connectivity index (χ1) is 7.72. The standard InChI is InChI=1S/C13H18BrNS/c1-10-7-13(4-3-12(10)8-14)15-5-6-16-9-11(15)2/h3-4,7,11H,5-6,8-9H2,1-2H3. The fourth-order valence-corrected chi connectivity index (χ4v) is 3.76. The Morgan fingerprint density at radius 1 is 1.50 bits per heavy atom. The van der Waals surface area contributed by atoms with Gasteiger partial charge in [-0.25, -0.2) is 0 Å². The van der Waals surface area contributed by atoms with Gasteiger partial charge in [0.05, 0.1) is 0 Å². The highest BCUT2D eigenvalue weighted by Gasteiger charge is 2.18. The van der Waals surface area contributed by atoms with E-state index in [1.807, 2.05) is 0 Å². The average Bonchev–Trinajstić information content (AvgIpc) is 2.29. The Labute approximate surface area is 111 Å². The zero-order valence-electron chi connectivity index (χ0n) is 9.87. The lowest BCUT2D eigenvalue weighted by atomic mass is 10.1. The summed E-state index contributed by atoms with van der Waals surface area (Å²) in [5, 5.41) is 0.949. The summed E-state index contributed by atoms with van der Waals surface area (Å²) in [6.45, 7) is 5.70. The molecule has 0 spiro atoms. The van der Waals surface area contributed by atoms with Crippen LogP contribution in [0, 0.1) is 6.92 Å². The maximum Gasteiger partial charge on any atom is 0.0372 e. The third-order valence-corrected chi connectivity index (χ3v) is 4.96. The normalized spacial score (nSPS) is 21.2. The summed E-state index contributed by atoms with van der Waals surface area (Å²) in [5.74, 6) is 2.50. The number of nitrogens with zero attached hydrogens (tertiary/aromatic N) is 1. The molecule has 0 amide bonds. The van der Waals surface area contributed by atoms with E-state index in [1.165, 1.54) is 34.9 Å². The molecular formula is C13H18BrNS. The fourth-order valence-electron chi connectivity index (χ4n) is 2.12. The van der Waals surface area contributed by atoms with Crippen LogP contribution >= 0.6 is 27.7 Å². The molecule has 1 nitrogen and oxygen atoms in total. The molecular weight excluding hydrogens is 282 g/mol. The summed E-state index contributed by atoms with van der Waals surface area (Å²) >= 11 is 5.59. The molecule has 1 unspecified atom stereocenters. The number of hydrogen-bond donors (Lipinski definition) is 0. The van der Waals surface area contributed by atoms with E-state index >= 15 is 0 Å². The number of anilines is 1. The van der Waals surface area contributed by atoms with Crippen LogP contribution in [0.25, 0.3) is 0 Å². The Morgan fingerprint density at radius 2 is 2.31 bits per heavy atom. The molecule has 1 aliphatic heterocycles. The van der Waals surface area contributed by atoms with Gasteiger partial charge in [-0.05, 0) is 37.1 Å². The molecule has 0 saturated carbocycles. The minimum Gasteiger partial charge on any atom is -0.367 e. The maximum absolute atomic E-state index is 3.52. The maximum atomic E-state index is 3.52. The molecule has 0 N–H and O–H groups in total. The van der Waals surface area contributed by atoms with Crippen LogP contribution in [0.5, 0.6) is 0 Å². The van der Waals surface area contributed by atoms with Crippen LogP contribution in [0.15, 0.2) is 18.2 Å². The molecule has 0 aliphatic carbocycles. The van der Waals surface area contributed by atoms with Crippen LogP contribution in [0.1, 0.15) is 18.1 Å². The van der Waals surface area contributed by atoms with Crippen LogP contribution in [-0.2, 0) is 5.33 Å². The van der Waals surface area contributed by atoms with Crippen molar-refractivity contribution in [2.24, 2.45) is 0 Å². The van der Waals surface area contributed by atoms with E-state index in [4.69, 9.17) is 0 Å². The van der Waals surface area contributed by atoms with Gasteiger partial charge in [-0.1, -0.05) is 22.0 Å². The van der Waals surface area contributed by atoms with Crippen molar-refractivity contribution < 1.29 is 0 Å². The number of thioether (sulfide) groups is 1. The Kier molecular flexibility index (Phi) is 4.20. The fraction of sp³-hybridized carbons (Fsp3) is 0.538. The molecule has 1 aromatic carbocycles. The zero-order valence-corrected chi connectivity index (χ0v) is 12.3. The van der Waals surface area contributed by atoms with Gasteiger partial charge in [-0.3, -0.25) is 0 Å². The molecule has 1 saturated heterocycles. The second kappa shape index (κ2) is 5.46. The first kappa shape index (κ1) is 12.3. The number of benzene rings is 1. The summed E-state index contributed by atoms with van der Waals surface area (Å²) in [7, 11) is 0. The largest absolute Gasteiger partial charge is 0.367 e. The molecule has 1 atom stereocenters. The van der Waals surface area contributed by atoms with Crippen molar-refractivity contribution in [1.29, 1.82) is 0 Å². The minimum absolute atomic E-state index is 0.660. The third kappa shape index (κ3) is 2.57. The Morgan fingerprint density at radius 3 is 2.94 bits per heavy atom. The number of halogens is 1. The van der Waals surface area contributed by atoms with E-state index in [1.54, 1.807) is 0 Å². The van der Waals surface area contributed by atoms with E-state index in [9.17, 15) is 0 Å². The molecule has 16 heavy (non-hydrogen) atoms. The summed E-state index contributed by atoms with van der Waals surface area (Å²) in [6, 6.07) is 7.49. The van der Waals surface area contributed by atoms with E-state index in [0.717, 1.165) is 5.33 Å². The molecule has 1 aromatic rings. The molecule has 3 heteroatoms. The van der Waals surface area contributed by atoms with Crippen molar-refractivity contribution in [2.75, 3.05) is 23.0 Å². The first-order valence-electron chi connectivity index (χ1n) is 5.72. The predicted octanol–water partition coefficient (Wildman–Crippen LogP) is 3.83. The second-order valence-corrected chi connectivity index (χ2v) is 6.07. The van der Waals surface area contributed by atoms with Gasteiger partial charge < -0.3 is 4.90 Å². The lowest BCUT2D eigenvalue weighted by molar-refractivity contribution is 0.699. The van der Waals surface area contributed by atoms with E-state index in [0.29, 0.717) is 6.04 Å². The van der Waals surface area contributed by atoms with Gasteiger partial charge >= 0.3 is 0 Å². The molecule has 1 aliphatic rings. The Balaban J connectivity index is 2.22. The summed E-state index contributed by atoms with van der Waals surface area (Å²) in [6.07, 6.45) is 0. The van der Waals surface area contributed by atoms with Crippen LogP contribution < -0.4 is 4.90 Å². The van der Waals surface area contributed by atoms with Crippen LogP contribution in [-0.4, -0.2) is 24.1 Å². The van der Waals surface area contributed by atoms with Crippen molar-refractivity contribution in [3.63, 3.8) is 0 Å². The molecule has 1 heterocycles. The number of hydrogen-bond acceptors (Lipinski definition) is 2. The SMILES string of the molecule is Cc1cc(N2CCSCC2C)ccc1CBr. The lowest BCUT2D eigenvalue weighted by Gasteiger charge is -2.35. The highest BCUT2D eigenvalue weighted by Crippen LogP contribution is 2.26. The molecule has 0 bridgehead atoms. The highest BCUT2D eigenvalue weighted by molar-refractivity contribution is 9.08. The molecule has 88 valence electrons. The van der Waals surface area contributed by atoms with Gasteiger partial charge in [0, 0.05) is 35.1 Å². The van der Waals surface area contributed by atoms with Gasteiger partial charge in [0.15, 0.2) is 0 Å². The van der Waals surface area contributed by atoms with E-state index in [2.05, 4.69) is 64.6 Å². The number of aryl methyl sites for hydroxylation is 1. The topological polar surface area (TPSA) is 3.24 Å². The van der Waals surface area contributed by atoms with Gasteiger partial charge in [0.1, 0.15) is 0 Å². The molecule has 0 aromatic heterocycles. The van der Waals surface area contributed by atoms with Crippen molar-refractivity contribution >= 4 is 33.4 Å².